The number of aromatic nitrogens is 6. The Hall–Kier alpha value is -3.38. The summed E-state index contributed by atoms with van der Waals surface area (Å²) < 4.78 is 90.2. The van der Waals surface area contributed by atoms with Crippen LogP contribution in [0.25, 0.3) is 16.8 Å². The van der Waals surface area contributed by atoms with Gasteiger partial charge in [0.2, 0.25) is 0 Å². The van der Waals surface area contributed by atoms with Gasteiger partial charge in [-0.15, -0.1) is 0 Å². The Kier molecular flexibility index (Phi) is 7.66. The van der Waals surface area contributed by atoms with Crippen LogP contribution >= 0.6 is 15.9 Å². The van der Waals surface area contributed by atoms with E-state index in [-0.39, 0.29) is 27.2 Å². The molecule has 0 aliphatic carbocycles. The highest BCUT2D eigenvalue weighted by molar-refractivity contribution is 9.10. The fourth-order valence-corrected chi connectivity index (χ4v) is 4.92. The van der Waals surface area contributed by atoms with Crippen molar-refractivity contribution in [1.82, 2.24) is 29.5 Å². The lowest BCUT2D eigenvalue weighted by molar-refractivity contribution is -0.210. The van der Waals surface area contributed by atoms with Gasteiger partial charge in [-0.25, -0.2) is 27.8 Å². The zero-order valence-electron chi connectivity index (χ0n) is 20.6. The summed E-state index contributed by atoms with van der Waals surface area (Å²) in [5.41, 5.74) is -1.86. The molecule has 1 fully saturated rings. The number of nitrogens with zero attached hydrogens (tertiary/aromatic N) is 6. The van der Waals surface area contributed by atoms with E-state index in [1.807, 2.05) is 0 Å². The Balaban J connectivity index is 1.58. The lowest BCUT2D eigenvalue weighted by atomic mass is 9.92. The van der Waals surface area contributed by atoms with Gasteiger partial charge >= 0.3 is 6.18 Å². The molecule has 5 atom stereocenters. The maximum absolute atomic E-state index is 13.8. The van der Waals surface area contributed by atoms with Gasteiger partial charge in [-0.2, -0.15) is 23.4 Å². The number of alkyl halides is 3. The molecule has 0 spiro atoms. The van der Waals surface area contributed by atoms with Gasteiger partial charge in [0.15, 0.2) is 29.0 Å². The van der Waals surface area contributed by atoms with E-state index in [0.717, 1.165) is 40.0 Å². The third kappa shape index (κ3) is 5.34. The second-order valence-electron chi connectivity index (χ2n) is 9.16. The summed E-state index contributed by atoms with van der Waals surface area (Å²) in [7, 11) is 0. The molecular weight excluding hydrogens is 630 g/mol. The maximum Gasteiger partial charge on any atom is 0.435 e. The molecule has 5 rings (SSSR count). The summed E-state index contributed by atoms with van der Waals surface area (Å²) >= 11 is 3.09. The molecule has 4 heterocycles. The molecule has 4 aromatic rings. The predicted octanol–water partition coefficient (Wildman–Crippen LogP) is 3.43. The van der Waals surface area contributed by atoms with Crippen molar-refractivity contribution in [2.45, 2.75) is 43.6 Å². The van der Waals surface area contributed by atoms with Gasteiger partial charge in [-0.05, 0) is 46.6 Å². The topological polar surface area (TPSA) is 131 Å². The van der Waals surface area contributed by atoms with Crippen molar-refractivity contribution in [3.05, 3.63) is 76.1 Å². The Labute approximate surface area is 235 Å². The molecule has 0 unspecified atom stereocenters. The van der Waals surface area contributed by atoms with E-state index in [1.54, 1.807) is 0 Å². The van der Waals surface area contributed by atoms with E-state index in [1.165, 1.54) is 13.1 Å². The van der Waals surface area contributed by atoms with Gasteiger partial charge in [-0.3, -0.25) is 4.68 Å². The molecule has 3 aromatic heterocycles. The molecule has 1 saturated heterocycles. The summed E-state index contributed by atoms with van der Waals surface area (Å²) in [6.07, 6.45) is -7.91. The van der Waals surface area contributed by atoms with Crippen LogP contribution in [0.3, 0.4) is 0 Å². The molecule has 41 heavy (non-hydrogen) atoms. The molecule has 1 aliphatic rings. The van der Waals surface area contributed by atoms with Crippen LogP contribution in [0.2, 0.25) is 0 Å². The minimum Gasteiger partial charge on any atom is -0.394 e. The van der Waals surface area contributed by atoms with E-state index in [2.05, 4.69) is 36.1 Å². The van der Waals surface area contributed by atoms with Crippen LogP contribution < -0.4 is 0 Å². The Morgan fingerprint density at radius 1 is 1.02 bits per heavy atom. The zero-order chi connectivity index (χ0) is 29.8. The van der Waals surface area contributed by atoms with E-state index >= 15 is 0 Å². The van der Waals surface area contributed by atoms with Crippen molar-refractivity contribution < 1.29 is 46.4 Å². The first-order valence-electron chi connectivity index (χ1n) is 11.8. The summed E-state index contributed by atoms with van der Waals surface area (Å²) in [4.78, 5) is 7.62. The van der Waals surface area contributed by atoms with Gasteiger partial charge in [0, 0.05) is 22.4 Å². The van der Waals surface area contributed by atoms with Crippen LogP contribution in [-0.2, 0) is 10.9 Å². The molecule has 17 heteroatoms. The third-order valence-corrected chi connectivity index (χ3v) is 6.87. The van der Waals surface area contributed by atoms with Crippen molar-refractivity contribution in [2.24, 2.45) is 0 Å². The molecule has 1 aromatic carbocycles. The number of pyridine rings is 1. The summed E-state index contributed by atoms with van der Waals surface area (Å²) in [6, 6.07) is 1.15. The normalized spacial score (nSPS) is 23.2. The first-order chi connectivity index (χ1) is 19.3. The largest absolute Gasteiger partial charge is 0.435 e. The van der Waals surface area contributed by atoms with Crippen LogP contribution in [0.4, 0.5) is 26.3 Å². The lowest BCUT2D eigenvalue weighted by Gasteiger charge is -2.41. The highest BCUT2D eigenvalue weighted by Crippen LogP contribution is 2.40. The number of aryl methyl sites for hydroxylation is 1. The van der Waals surface area contributed by atoms with Gasteiger partial charge in [-0.1, -0.05) is 0 Å². The second-order valence-corrected chi connectivity index (χ2v) is 10.1. The minimum absolute atomic E-state index is 0.00820. The number of hydrogen-bond donors (Lipinski definition) is 3. The van der Waals surface area contributed by atoms with Crippen molar-refractivity contribution in [2.75, 3.05) is 6.61 Å². The van der Waals surface area contributed by atoms with Crippen molar-refractivity contribution >= 4 is 15.9 Å². The highest BCUT2D eigenvalue weighted by Gasteiger charge is 2.49. The molecule has 10 nitrogen and oxygen atoms in total. The van der Waals surface area contributed by atoms with Gasteiger partial charge < -0.3 is 20.1 Å². The van der Waals surface area contributed by atoms with E-state index in [0.29, 0.717) is 0 Å². The van der Waals surface area contributed by atoms with Gasteiger partial charge in [0.1, 0.15) is 36.3 Å². The number of hydrogen-bond acceptors (Lipinski definition) is 8. The second kappa shape index (κ2) is 10.8. The van der Waals surface area contributed by atoms with Crippen molar-refractivity contribution in [3.63, 3.8) is 0 Å². The van der Waals surface area contributed by atoms with Crippen LogP contribution in [0, 0.1) is 24.4 Å². The quantitative estimate of drug-likeness (QED) is 0.222. The number of rotatable bonds is 5. The predicted molar refractivity (Wildman–Crippen MR) is 130 cm³/mol. The monoisotopic (exact) mass is 648 g/mol. The van der Waals surface area contributed by atoms with E-state index in [9.17, 15) is 41.7 Å². The van der Waals surface area contributed by atoms with Crippen LogP contribution in [-0.4, -0.2) is 69.8 Å². The molecule has 218 valence electrons. The molecule has 0 amide bonds. The number of ether oxygens (including phenoxy) is 1. The number of benzene rings is 1. The molecule has 0 bridgehead atoms. The minimum atomic E-state index is -4.89. The Morgan fingerprint density at radius 3 is 2.34 bits per heavy atom. The first kappa shape index (κ1) is 29.1. The molecular formula is C24H19BrF6N6O4. The molecule has 3 N–H and O–H groups in total. The lowest BCUT2D eigenvalue weighted by Crippen LogP contribution is -2.53. The highest BCUT2D eigenvalue weighted by atomic mass is 79.9. The van der Waals surface area contributed by atoms with Gasteiger partial charge in [0.25, 0.3) is 0 Å². The number of aliphatic hydroxyl groups excluding tert-OH is 3. The Bertz CT molecular complexity index is 1570. The number of halogens is 7. The summed E-state index contributed by atoms with van der Waals surface area (Å²) in [5.74, 6) is -4.86. The van der Waals surface area contributed by atoms with Gasteiger partial charge in [0.05, 0.1) is 18.5 Å². The van der Waals surface area contributed by atoms with Crippen molar-refractivity contribution in [3.8, 4) is 16.8 Å². The summed E-state index contributed by atoms with van der Waals surface area (Å²) in [5, 5.41) is 40.3. The fraction of sp³-hybridized carbons (Fsp3) is 0.333. The van der Waals surface area contributed by atoms with E-state index in [4.69, 9.17) is 4.74 Å². The first-order valence-corrected chi connectivity index (χ1v) is 12.6. The van der Waals surface area contributed by atoms with Crippen molar-refractivity contribution in [1.29, 1.82) is 0 Å². The average Bonchev–Trinajstić information content (AvgIpc) is 3.53. The fourth-order valence-electron chi connectivity index (χ4n) is 4.60. The Morgan fingerprint density at radius 2 is 1.71 bits per heavy atom. The summed E-state index contributed by atoms with van der Waals surface area (Å²) in [6.45, 7) is 0.618. The smallest absolute Gasteiger partial charge is 0.394 e. The SMILES string of the molecule is Cc1nc([C@@H]2O[C@H](CO)[C@H](O)[C@H](n3cc(-c4cc(F)c(F)c(F)c4)cn3)[C@H]2O)n(-c2cc(Br)cnc2C(F)(F)F)n1. The maximum atomic E-state index is 13.8. The molecule has 0 saturated carbocycles. The van der Waals surface area contributed by atoms with Crippen LogP contribution in [0.5, 0.6) is 0 Å². The van der Waals surface area contributed by atoms with Crippen LogP contribution in [0.15, 0.2) is 41.3 Å². The zero-order valence-corrected chi connectivity index (χ0v) is 22.2. The molecule has 0 radical (unpaired) electrons. The average molecular weight is 649 g/mol. The third-order valence-electron chi connectivity index (χ3n) is 6.44. The van der Waals surface area contributed by atoms with E-state index < -0.39 is 72.1 Å². The number of aliphatic hydroxyl groups is 3. The molecule has 1 aliphatic heterocycles. The standard InChI is InChI=1S/C24H19BrF6N6O4/c1-9-34-23(37(35-9)15-4-12(25)6-32-22(15)24(29,30)31)21-20(40)18(19(39)16(8-38)41-21)36-7-11(5-33-36)10-2-13(26)17(28)14(27)3-10/h2-7,16,18-21,38-40H,8H2,1H3/t16-,18+,19+,20-,21-/m1/s1. The van der Waals surface area contributed by atoms with Crippen LogP contribution in [0.1, 0.15) is 29.5 Å².